The number of hydrogen-bond acceptors (Lipinski definition) is 1. The molecular weight excluding hydrogens is 230 g/mol. The van der Waals surface area contributed by atoms with Gasteiger partial charge in [0, 0.05) is 16.5 Å². The minimum absolute atomic E-state index is 0.241. The molecule has 2 heteroatoms. The third-order valence-electron chi connectivity index (χ3n) is 2.94. The molecular formula is C15H18ClN. The van der Waals surface area contributed by atoms with Gasteiger partial charge >= 0.3 is 0 Å². The minimum Gasteiger partial charge on any atom is -0.253 e. The molecule has 17 heavy (non-hydrogen) atoms. The summed E-state index contributed by atoms with van der Waals surface area (Å²) in [5.41, 5.74) is 2.24. The van der Waals surface area contributed by atoms with E-state index in [1.807, 2.05) is 19.1 Å². The molecule has 0 saturated carbocycles. The smallest absolute Gasteiger partial charge is 0.0705 e. The quantitative estimate of drug-likeness (QED) is 0.729. The number of nitrogens with zero attached hydrogens (tertiary/aromatic N) is 1. The lowest BCUT2D eigenvalue weighted by Crippen LogP contribution is -2.06. The van der Waals surface area contributed by atoms with Gasteiger partial charge in [0.05, 0.1) is 5.52 Å². The molecule has 2 unspecified atom stereocenters. The van der Waals surface area contributed by atoms with Crippen LogP contribution >= 0.6 is 11.6 Å². The molecule has 0 N–H and O–H groups in total. The maximum absolute atomic E-state index is 6.01. The van der Waals surface area contributed by atoms with Crippen LogP contribution in [0.25, 0.3) is 10.9 Å². The molecule has 0 radical (unpaired) electrons. The van der Waals surface area contributed by atoms with Gasteiger partial charge < -0.3 is 0 Å². The third kappa shape index (κ3) is 3.44. The fourth-order valence-electron chi connectivity index (χ4n) is 2.22. The monoisotopic (exact) mass is 247 g/mol. The summed E-state index contributed by atoms with van der Waals surface area (Å²) in [6.07, 6.45) is 2.04. The van der Waals surface area contributed by atoms with Crippen LogP contribution < -0.4 is 0 Å². The predicted molar refractivity (Wildman–Crippen MR) is 74.5 cm³/mol. The van der Waals surface area contributed by atoms with Crippen molar-refractivity contribution in [3.05, 3.63) is 42.1 Å². The maximum atomic E-state index is 6.01. The Hall–Kier alpha value is -1.08. The summed E-state index contributed by atoms with van der Waals surface area (Å²) in [6.45, 7) is 4.28. The fraction of sp³-hybridized carbons (Fsp3) is 0.400. The number of aromatic nitrogens is 1. The number of para-hydroxylation sites is 1. The first kappa shape index (κ1) is 12.4. The Bertz CT molecular complexity index is 493. The Kier molecular flexibility index (Phi) is 4.01. The van der Waals surface area contributed by atoms with E-state index in [4.69, 9.17) is 11.6 Å². The summed E-state index contributed by atoms with van der Waals surface area (Å²) < 4.78 is 0. The van der Waals surface area contributed by atoms with E-state index in [2.05, 4.69) is 36.2 Å². The summed E-state index contributed by atoms with van der Waals surface area (Å²) in [5.74, 6) is 0.580. The number of alkyl halides is 1. The zero-order valence-corrected chi connectivity index (χ0v) is 11.1. The van der Waals surface area contributed by atoms with Gasteiger partial charge in [-0.15, -0.1) is 11.6 Å². The molecule has 0 bridgehead atoms. The van der Waals surface area contributed by atoms with Crippen molar-refractivity contribution >= 4 is 22.5 Å². The van der Waals surface area contributed by atoms with E-state index in [9.17, 15) is 0 Å². The molecule has 2 rings (SSSR count). The van der Waals surface area contributed by atoms with Gasteiger partial charge in [-0.2, -0.15) is 0 Å². The highest BCUT2D eigenvalue weighted by molar-refractivity contribution is 6.20. The fourth-order valence-corrected chi connectivity index (χ4v) is 2.52. The van der Waals surface area contributed by atoms with Gasteiger partial charge in [-0.25, -0.2) is 0 Å². The van der Waals surface area contributed by atoms with Crippen molar-refractivity contribution in [2.45, 2.75) is 32.1 Å². The Morgan fingerprint density at radius 3 is 2.65 bits per heavy atom. The third-order valence-corrected chi connectivity index (χ3v) is 3.12. The minimum atomic E-state index is 0.241. The Balaban J connectivity index is 2.14. The summed E-state index contributed by atoms with van der Waals surface area (Å²) >= 11 is 6.01. The van der Waals surface area contributed by atoms with E-state index in [0.717, 1.165) is 24.1 Å². The van der Waals surface area contributed by atoms with Crippen LogP contribution in [0.15, 0.2) is 36.4 Å². The molecule has 1 nitrogen and oxygen atoms in total. The van der Waals surface area contributed by atoms with Gasteiger partial charge in [-0.3, -0.25) is 4.98 Å². The van der Waals surface area contributed by atoms with Crippen LogP contribution in [-0.2, 0) is 6.42 Å². The highest BCUT2D eigenvalue weighted by Crippen LogP contribution is 2.18. The van der Waals surface area contributed by atoms with Crippen molar-refractivity contribution in [2.24, 2.45) is 5.92 Å². The Morgan fingerprint density at radius 1 is 1.12 bits per heavy atom. The standard InChI is InChI=1S/C15H18ClN/c1-11(9-12(2)16)10-14-8-7-13-5-3-4-6-15(13)17-14/h3-8,11-12H,9-10H2,1-2H3. The molecule has 1 aromatic carbocycles. The van der Waals surface area contributed by atoms with Crippen molar-refractivity contribution in [3.63, 3.8) is 0 Å². The molecule has 0 fully saturated rings. The molecule has 0 aliphatic rings. The number of rotatable bonds is 4. The summed E-state index contributed by atoms with van der Waals surface area (Å²) in [5, 5.41) is 1.44. The molecule has 0 amide bonds. The van der Waals surface area contributed by atoms with E-state index in [1.54, 1.807) is 0 Å². The molecule has 0 aliphatic heterocycles. The molecule has 2 aromatic rings. The molecule has 2 atom stereocenters. The first-order valence-corrected chi connectivity index (χ1v) is 6.57. The molecule has 90 valence electrons. The molecule has 1 heterocycles. The second kappa shape index (κ2) is 5.50. The zero-order valence-electron chi connectivity index (χ0n) is 10.4. The first-order valence-electron chi connectivity index (χ1n) is 6.14. The lowest BCUT2D eigenvalue weighted by atomic mass is 9.99. The Labute approximate surface area is 108 Å². The number of pyridine rings is 1. The average Bonchev–Trinajstić information content (AvgIpc) is 2.27. The maximum Gasteiger partial charge on any atom is 0.0705 e. The molecule has 0 spiro atoms. The second-order valence-corrected chi connectivity index (χ2v) is 5.57. The van der Waals surface area contributed by atoms with E-state index in [-0.39, 0.29) is 5.38 Å². The topological polar surface area (TPSA) is 12.9 Å². The van der Waals surface area contributed by atoms with Gasteiger partial charge in [0.15, 0.2) is 0 Å². The van der Waals surface area contributed by atoms with Crippen molar-refractivity contribution < 1.29 is 0 Å². The average molecular weight is 248 g/mol. The van der Waals surface area contributed by atoms with Gasteiger partial charge in [-0.05, 0) is 37.8 Å². The van der Waals surface area contributed by atoms with Crippen LogP contribution in [0.3, 0.4) is 0 Å². The van der Waals surface area contributed by atoms with Crippen LogP contribution in [-0.4, -0.2) is 10.4 Å². The van der Waals surface area contributed by atoms with Crippen LogP contribution in [0.4, 0.5) is 0 Å². The number of hydrogen-bond donors (Lipinski definition) is 0. The number of halogens is 1. The van der Waals surface area contributed by atoms with Crippen molar-refractivity contribution in [1.29, 1.82) is 0 Å². The normalized spacial score (nSPS) is 14.8. The van der Waals surface area contributed by atoms with Gasteiger partial charge in [-0.1, -0.05) is 31.2 Å². The zero-order chi connectivity index (χ0) is 12.3. The van der Waals surface area contributed by atoms with Crippen molar-refractivity contribution in [3.8, 4) is 0 Å². The van der Waals surface area contributed by atoms with Gasteiger partial charge in [0.1, 0.15) is 0 Å². The van der Waals surface area contributed by atoms with E-state index in [0.29, 0.717) is 5.92 Å². The predicted octanol–water partition coefficient (Wildman–Crippen LogP) is 4.43. The van der Waals surface area contributed by atoms with Crippen molar-refractivity contribution in [2.75, 3.05) is 0 Å². The molecule has 0 aliphatic carbocycles. The Morgan fingerprint density at radius 2 is 1.88 bits per heavy atom. The van der Waals surface area contributed by atoms with E-state index >= 15 is 0 Å². The summed E-state index contributed by atoms with van der Waals surface area (Å²) in [6, 6.07) is 12.5. The highest BCUT2D eigenvalue weighted by Gasteiger charge is 2.08. The van der Waals surface area contributed by atoms with Crippen molar-refractivity contribution in [1.82, 2.24) is 4.98 Å². The lowest BCUT2D eigenvalue weighted by molar-refractivity contribution is 0.521. The summed E-state index contributed by atoms with van der Waals surface area (Å²) in [7, 11) is 0. The summed E-state index contributed by atoms with van der Waals surface area (Å²) in [4.78, 5) is 4.68. The number of benzene rings is 1. The van der Waals surface area contributed by atoms with E-state index < -0.39 is 0 Å². The lowest BCUT2D eigenvalue weighted by Gasteiger charge is -2.12. The first-order chi connectivity index (χ1) is 8.15. The molecule has 1 aromatic heterocycles. The molecule has 0 saturated heterocycles. The SMILES string of the molecule is CC(Cl)CC(C)Cc1ccc2ccccc2n1. The largest absolute Gasteiger partial charge is 0.253 e. The van der Waals surface area contributed by atoms with Crippen LogP contribution in [0, 0.1) is 5.92 Å². The second-order valence-electron chi connectivity index (χ2n) is 4.82. The van der Waals surface area contributed by atoms with Crippen LogP contribution in [0.5, 0.6) is 0 Å². The highest BCUT2D eigenvalue weighted by atomic mass is 35.5. The van der Waals surface area contributed by atoms with Gasteiger partial charge in [0.2, 0.25) is 0 Å². The van der Waals surface area contributed by atoms with Crippen LogP contribution in [0.2, 0.25) is 0 Å². The van der Waals surface area contributed by atoms with Gasteiger partial charge in [0.25, 0.3) is 0 Å². The number of fused-ring (bicyclic) bond motifs is 1. The van der Waals surface area contributed by atoms with E-state index in [1.165, 1.54) is 5.39 Å². The van der Waals surface area contributed by atoms with Crippen LogP contribution in [0.1, 0.15) is 26.0 Å².